The molecule has 0 saturated carbocycles. The average molecular weight is 427 g/mol. The van der Waals surface area contributed by atoms with Crippen molar-refractivity contribution in [1.29, 1.82) is 0 Å². The van der Waals surface area contributed by atoms with Crippen LogP contribution in [0.25, 0.3) is 11.3 Å². The normalized spacial score (nSPS) is 13.7. The highest BCUT2D eigenvalue weighted by molar-refractivity contribution is 7.91. The highest BCUT2D eigenvalue weighted by Crippen LogP contribution is 2.30. The lowest BCUT2D eigenvalue weighted by molar-refractivity contribution is 0.102. The first kappa shape index (κ1) is 19.8. The Morgan fingerprint density at radius 2 is 1.90 bits per heavy atom. The third-order valence-corrected chi connectivity index (χ3v) is 7.69. The monoisotopic (exact) mass is 426 g/mol. The van der Waals surface area contributed by atoms with Crippen molar-refractivity contribution in [3.8, 4) is 11.3 Å². The number of aromatic nitrogens is 1. The summed E-state index contributed by atoms with van der Waals surface area (Å²) in [5.41, 5.74) is 5.00. The van der Waals surface area contributed by atoms with Crippen LogP contribution in [0.15, 0.2) is 52.7 Å². The number of hydrogen-bond acceptors (Lipinski definition) is 5. The number of nitrogens with zero attached hydrogens (tertiary/aromatic N) is 1. The first-order valence-corrected chi connectivity index (χ1v) is 12.2. The fraction of sp³-hybridized carbons (Fsp3) is 0.273. The third kappa shape index (κ3) is 4.26. The Hall–Kier alpha value is -2.51. The number of sulfone groups is 1. The fourth-order valence-corrected chi connectivity index (χ4v) is 5.16. The zero-order valence-electron chi connectivity index (χ0n) is 16.1. The minimum atomic E-state index is -3.36. The predicted molar refractivity (Wildman–Crippen MR) is 116 cm³/mol. The van der Waals surface area contributed by atoms with E-state index in [1.165, 1.54) is 47.4 Å². The number of fused-ring (bicyclic) bond motifs is 1. The van der Waals surface area contributed by atoms with Crippen LogP contribution >= 0.6 is 11.3 Å². The van der Waals surface area contributed by atoms with E-state index in [4.69, 9.17) is 0 Å². The summed E-state index contributed by atoms with van der Waals surface area (Å²) in [7, 11) is -3.36. The van der Waals surface area contributed by atoms with Gasteiger partial charge in [0.25, 0.3) is 5.91 Å². The first-order valence-electron chi connectivity index (χ1n) is 9.68. The van der Waals surface area contributed by atoms with Gasteiger partial charge in [0.05, 0.1) is 16.3 Å². The molecule has 0 spiro atoms. The van der Waals surface area contributed by atoms with Gasteiger partial charge in [0.2, 0.25) is 0 Å². The van der Waals surface area contributed by atoms with Crippen molar-refractivity contribution < 1.29 is 13.2 Å². The summed E-state index contributed by atoms with van der Waals surface area (Å²) in [6.45, 7) is 1.58. The van der Waals surface area contributed by atoms with E-state index in [9.17, 15) is 13.2 Å². The number of benzene rings is 2. The van der Waals surface area contributed by atoms with Crippen molar-refractivity contribution >= 4 is 32.2 Å². The molecule has 0 unspecified atom stereocenters. The molecule has 0 atom stereocenters. The Morgan fingerprint density at radius 3 is 2.69 bits per heavy atom. The maximum Gasteiger partial charge on any atom is 0.257 e. The molecule has 1 aromatic heterocycles. The average Bonchev–Trinajstić information content (AvgIpc) is 3.22. The minimum Gasteiger partial charge on any atom is -0.298 e. The van der Waals surface area contributed by atoms with Crippen LogP contribution in [0.5, 0.6) is 0 Å². The van der Waals surface area contributed by atoms with Crippen LogP contribution < -0.4 is 5.32 Å². The number of rotatable bonds is 5. The summed E-state index contributed by atoms with van der Waals surface area (Å²) in [4.78, 5) is 17.3. The molecule has 0 radical (unpaired) electrons. The quantitative estimate of drug-likeness (QED) is 0.640. The van der Waals surface area contributed by atoms with Gasteiger partial charge in [0.15, 0.2) is 15.0 Å². The van der Waals surface area contributed by atoms with E-state index in [1.807, 2.05) is 5.38 Å². The van der Waals surface area contributed by atoms with Crippen molar-refractivity contribution in [2.75, 3.05) is 11.1 Å². The maximum absolute atomic E-state index is 12.6. The summed E-state index contributed by atoms with van der Waals surface area (Å²) in [6.07, 6.45) is 4.72. The molecule has 1 aliphatic rings. The Kier molecular flexibility index (Phi) is 5.52. The zero-order chi connectivity index (χ0) is 20.4. The van der Waals surface area contributed by atoms with Crippen LogP contribution in [-0.2, 0) is 22.7 Å². The van der Waals surface area contributed by atoms with Gasteiger partial charge in [0, 0.05) is 16.5 Å². The van der Waals surface area contributed by atoms with Crippen LogP contribution in [0.2, 0.25) is 0 Å². The molecule has 150 valence electrons. The number of anilines is 1. The van der Waals surface area contributed by atoms with Crippen molar-refractivity contribution in [2.45, 2.75) is 37.5 Å². The smallest absolute Gasteiger partial charge is 0.257 e. The summed E-state index contributed by atoms with van der Waals surface area (Å²) >= 11 is 1.36. The zero-order valence-corrected chi connectivity index (χ0v) is 17.8. The molecule has 0 bridgehead atoms. The predicted octanol–water partition coefficient (Wildman–Crippen LogP) is 4.73. The van der Waals surface area contributed by atoms with Crippen LogP contribution in [0.4, 0.5) is 5.13 Å². The lowest BCUT2D eigenvalue weighted by Crippen LogP contribution is -2.13. The summed E-state index contributed by atoms with van der Waals surface area (Å²) < 4.78 is 24.1. The molecular formula is C22H22N2O3S2. The Morgan fingerprint density at radius 1 is 1.10 bits per heavy atom. The number of carbonyl (C=O) groups is 1. The molecule has 0 aliphatic heterocycles. The Bertz CT molecular complexity index is 1170. The molecule has 7 heteroatoms. The minimum absolute atomic E-state index is 0.00527. The molecule has 29 heavy (non-hydrogen) atoms. The van der Waals surface area contributed by atoms with Gasteiger partial charge in [0.1, 0.15) is 0 Å². The first-order chi connectivity index (χ1) is 14.0. The second kappa shape index (κ2) is 8.08. The van der Waals surface area contributed by atoms with Gasteiger partial charge in [-0.15, -0.1) is 11.3 Å². The van der Waals surface area contributed by atoms with Crippen LogP contribution in [0.3, 0.4) is 0 Å². The Balaban J connectivity index is 1.52. The maximum atomic E-state index is 12.6. The number of hydrogen-bond donors (Lipinski definition) is 1. The molecule has 2 aromatic carbocycles. The summed E-state index contributed by atoms with van der Waals surface area (Å²) in [5.74, 6) is -0.376. The van der Waals surface area contributed by atoms with E-state index in [2.05, 4.69) is 28.5 Å². The molecule has 1 N–H and O–H groups in total. The van der Waals surface area contributed by atoms with E-state index in [0.717, 1.165) is 24.1 Å². The van der Waals surface area contributed by atoms with Crippen LogP contribution in [-0.4, -0.2) is 25.1 Å². The van der Waals surface area contributed by atoms with Crippen molar-refractivity contribution in [3.05, 3.63) is 64.5 Å². The summed E-state index contributed by atoms with van der Waals surface area (Å²) in [5, 5.41) is 5.20. The van der Waals surface area contributed by atoms with Crippen molar-refractivity contribution in [3.63, 3.8) is 0 Å². The topological polar surface area (TPSA) is 76.1 Å². The molecule has 1 aliphatic carbocycles. The molecule has 1 heterocycles. The number of aryl methyl sites for hydroxylation is 2. The lowest BCUT2D eigenvalue weighted by atomic mass is 9.90. The van der Waals surface area contributed by atoms with Crippen molar-refractivity contribution in [2.24, 2.45) is 0 Å². The molecular weight excluding hydrogens is 404 g/mol. The van der Waals surface area contributed by atoms with Gasteiger partial charge in [-0.05, 0) is 61.1 Å². The van der Waals surface area contributed by atoms with Gasteiger partial charge in [-0.25, -0.2) is 13.4 Å². The van der Waals surface area contributed by atoms with Crippen LogP contribution in [0.1, 0.15) is 41.3 Å². The SMILES string of the molecule is CCS(=O)(=O)c1cccc(C(=O)Nc2nc(-c3ccc4c(c3)CCCC4)cs2)c1. The molecule has 4 rings (SSSR count). The number of thiazole rings is 1. The van der Waals surface area contributed by atoms with Gasteiger partial charge < -0.3 is 0 Å². The highest BCUT2D eigenvalue weighted by Gasteiger charge is 2.16. The van der Waals surface area contributed by atoms with Crippen molar-refractivity contribution in [1.82, 2.24) is 4.98 Å². The number of carbonyl (C=O) groups excluding carboxylic acids is 1. The van der Waals surface area contributed by atoms with E-state index in [0.29, 0.717) is 10.7 Å². The van der Waals surface area contributed by atoms with Gasteiger partial charge >= 0.3 is 0 Å². The van der Waals surface area contributed by atoms with Crippen LogP contribution in [0, 0.1) is 0 Å². The van der Waals surface area contributed by atoms with E-state index >= 15 is 0 Å². The fourth-order valence-electron chi connectivity index (χ4n) is 3.52. The number of amides is 1. The van der Waals surface area contributed by atoms with E-state index in [-0.39, 0.29) is 16.6 Å². The molecule has 1 amide bonds. The van der Waals surface area contributed by atoms with E-state index in [1.54, 1.807) is 19.1 Å². The molecule has 5 nitrogen and oxygen atoms in total. The van der Waals surface area contributed by atoms with Gasteiger partial charge in [-0.1, -0.05) is 25.1 Å². The van der Waals surface area contributed by atoms with E-state index < -0.39 is 9.84 Å². The largest absolute Gasteiger partial charge is 0.298 e. The third-order valence-electron chi connectivity index (χ3n) is 5.20. The summed E-state index contributed by atoms with van der Waals surface area (Å²) in [6, 6.07) is 12.6. The van der Waals surface area contributed by atoms with Gasteiger partial charge in [-0.3, -0.25) is 10.1 Å². The molecule has 0 saturated heterocycles. The molecule has 3 aromatic rings. The number of nitrogens with one attached hydrogen (secondary N) is 1. The highest BCUT2D eigenvalue weighted by atomic mass is 32.2. The second-order valence-electron chi connectivity index (χ2n) is 7.11. The van der Waals surface area contributed by atoms with Gasteiger partial charge in [-0.2, -0.15) is 0 Å². The second-order valence-corrected chi connectivity index (χ2v) is 10.3. The Labute approximate surface area is 174 Å². The molecule has 0 fully saturated rings. The standard InChI is InChI=1S/C22H22N2O3S2/c1-2-29(26,27)19-9-5-8-18(13-19)21(25)24-22-23-20(14-28-22)17-11-10-15-6-3-4-7-16(15)12-17/h5,8-14H,2-4,6-7H2,1H3,(H,23,24,25). The lowest BCUT2D eigenvalue weighted by Gasteiger charge is -2.16.